The van der Waals surface area contributed by atoms with Gasteiger partial charge in [-0.1, -0.05) is 6.08 Å². The quantitative estimate of drug-likeness (QED) is 0.322. The Morgan fingerprint density at radius 2 is 2.16 bits per heavy atom. The van der Waals surface area contributed by atoms with E-state index >= 15 is 0 Å². The van der Waals surface area contributed by atoms with E-state index in [1.54, 1.807) is 31.2 Å². The van der Waals surface area contributed by atoms with Gasteiger partial charge in [0.25, 0.3) is 5.91 Å². The molecule has 0 bridgehead atoms. The fraction of sp³-hybridized carbons (Fsp3) is 0.235. The van der Waals surface area contributed by atoms with Crippen LogP contribution in [0, 0.1) is 6.92 Å². The number of hydrazine groups is 1. The largest absolute Gasteiger partial charge is 0.481 e. The maximum atomic E-state index is 12.0. The molecule has 0 spiro atoms. The van der Waals surface area contributed by atoms with Gasteiger partial charge in [0.2, 0.25) is 0 Å². The number of hydrogen-bond donors (Lipinski definition) is 3. The SMILES string of the molecule is C=CCNC(=S)NNC(=O)[C@H](C)Oc1ccc2c(C)cc(=O)oc2c1. The summed E-state index contributed by atoms with van der Waals surface area (Å²) in [5.41, 5.74) is 5.79. The van der Waals surface area contributed by atoms with E-state index < -0.39 is 17.6 Å². The summed E-state index contributed by atoms with van der Waals surface area (Å²) in [6, 6.07) is 6.49. The maximum absolute atomic E-state index is 12.0. The van der Waals surface area contributed by atoms with E-state index in [9.17, 15) is 9.59 Å². The first-order chi connectivity index (χ1) is 11.9. The fourth-order valence-electron chi connectivity index (χ4n) is 2.07. The molecule has 1 amide bonds. The fourth-order valence-corrected chi connectivity index (χ4v) is 2.20. The Morgan fingerprint density at radius 1 is 1.40 bits per heavy atom. The zero-order chi connectivity index (χ0) is 18.4. The van der Waals surface area contributed by atoms with E-state index in [1.807, 2.05) is 6.92 Å². The van der Waals surface area contributed by atoms with Gasteiger partial charge in [0.1, 0.15) is 11.3 Å². The standard InChI is InChI=1S/C17H19N3O4S/c1-4-7-18-17(25)20-19-16(22)11(3)23-12-5-6-13-10(2)8-15(21)24-14(13)9-12/h4-6,8-9,11H,1,7H2,2-3H3,(H,19,22)(H2,18,20,25)/t11-/m0/s1. The molecule has 2 rings (SSSR count). The highest BCUT2D eigenvalue weighted by atomic mass is 32.1. The van der Waals surface area contributed by atoms with Gasteiger partial charge in [-0.25, -0.2) is 4.79 Å². The molecule has 0 aliphatic rings. The summed E-state index contributed by atoms with van der Waals surface area (Å²) >= 11 is 4.96. The van der Waals surface area contributed by atoms with Gasteiger partial charge in [-0.05, 0) is 43.8 Å². The number of thiocarbonyl (C=S) groups is 1. The first-order valence-electron chi connectivity index (χ1n) is 7.56. The molecule has 1 aromatic heterocycles. The van der Waals surface area contributed by atoms with Crippen molar-refractivity contribution in [3.8, 4) is 5.75 Å². The molecule has 1 atom stereocenters. The number of carbonyl (C=O) groups excluding carboxylic acids is 1. The molecule has 3 N–H and O–H groups in total. The molecule has 25 heavy (non-hydrogen) atoms. The molecule has 0 radical (unpaired) electrons. The first kappa shape index (κ1) is 18.5. The Balaban J connectivity index is 2.00. The molecule has 0 aliphatic carbocycles. The Bertz CT molecular complexity index is 863. The highest BCUT2D eigenvalue weighted by Crippen LogP contribution is 2.22. The minimum absolute atomic E-state index is 0.267. The van der Waals surface area contributed by atoms with Crippen LogP contribution < -0.4 is 26.5 Å². The van der Waals surface area contributed by atoms with E-state index in [0.29, 0.717) is 17.9 Å². The smallest absolute Gasteiger partial charge is 0.336 e. The molecule has 0 saturated carbocycles. The Kier molecular flexibility index (Phi) is 6.13. The van der Waals surface area contributed by atoms with Crippen LogP contribution in [0.1, 0.15) is 12.5 Å². The number of aryl methyl sites for hydroxylation is 1. The monoisotopic (exact) mass is 361 g/mol. The second kappa shape index (κ2) is 8.29. The Morgan fingerprint density at radius 3 is 2.88 bits per heavy atom. The van der Waals surface area contributed by atoms with E-state index in [2.05, 4.69) is 22.7 Å². The van der Waals surface area contributed by atoms with Crippen LogP contribution in [-0.2, 0) is 4.79 Å². The molecule has 0 aliphatic heterocycles. The van der Waals surface area contributed by atoms with Crippen molar-refractivity contribution >= 4 is 34.2 Å². The van der Waals surface area contributed by atoms with Crippen molar-refractivity contribution in [2.24, 2.45) is 0 Å². The van der Waals surface area contributed by atoms with Crippen molar-refractivity contribution in [3.05, 3.63) is 52.9 Å². The van der Waals surface area contributed by atoms with Crippen molar-refractivity contribution in [1.82, 2.24) is 16.2 Å². The van der Waals surface area contributed by atoms with Crippen LogP contribution in [0.15, 0.2) is 46.1 Å². The highest BCUT2D eigenvalue weighted by molar-refractivity contribution is 7.80. The first-order valence-corrected chi connectivity index (χ1v) is 7.97. The van der Waals surface area contributed by atoms with Gasteiger partial charge in [-0.3, -0.25) is 15.6 Å². The van der Waals surface area contributed by atoms with Crippen molar-refractivity contribution in [2.45, 2.75) is 20.0 Å². The molecule has 1 aromatic carbocycles. The molecule has 7 nitrogen and oxygen atoms in total. The number of fused-ring (bicyclic) bond motifs is 1. The molecule has 8 heteroatoms. The van der Waals surface area contributed by atoms with E-state index in [1.165, 1.54) is 6.07 Å². The number of hydrogen-bond acceptors (Lipinski definition) is 5. The molecular formula is C17H19N3O4S. The highest BCUT2D eigenvalue weighted by Gasteiger charge is 2.15. The van der Waals surface area contributed by atoms with Crippen molar-refractivity contribution in [3.63, 3.8) is 0 Å². The number of nitrogens with one attached hydrogen (secondary N) is 3. The Hall–Kier alpha value is -2.87. The molecule has 2 aromatic rings. The zero-order valence-electron chi connectivity index (χ0n) is 13.9. The van der Waals surface area contributed by atoms with Crippen LogP contribution in [0.4, 0.5) is 0 Å². The summed E-state index contributed by atoms with van der Waals surface area (Å²) in [6.45, 7) is 7.45. The third-order valence-electron chi connectivity index (χ3n) is 3.31. The van der Waals surface area contributed by atoms with Crippen molar-refractivity contribution in [1.29, 1.82) is 0 Å². The number of amides is 1. The molecule has 0 saturated heterocycles. The number of ether oxygens (including phenoxy) is 1. The normalized spacial score (nSPS) is 11.4. The molecule has 0 fully saturated rings. The molecule has 1 heterocycles. The number of benzene rings is 1. The van der Waals surface area contributed by atoms with Gasteiger partial charge in [0.15, 0.2) is 11.2 Å². The minimum Gasteiger partial charge on any atom is -0.481 e. The van der Waals surface area contributed by atoms with Crippen LogP contribution in [0.25, 0.3) is 11.0 Å². The average Bonchev–Trinajstić information content (AvgIpc) is 2.57. The third kappa shape index (κ3) is 5.05. The van der Waals surface area contributed by atoms with Gasteiger partial charge in [0, 0.05) is 24.1 Å². The topological polar surface area (TPSA) is 92.6 Å². The van der Waals surface area contributed by atoms with Gasteiger partial charge < -0.3 is 14.5 Å². The summed E-state index contributed by atoms with van der Waals surface area (Å²) in [5, 5.41) is 3.89. The minimum atomic E-state index is -0.788. The third-order valence-corrected chi connectivity index (χ3v) is 3.56. The average molecular weight is 361 g/mol. The molecule has 132 valence electrons. The second-order valence-corrected chi connectivity index (χ2v) is 5.69. The van der Waals surface area contributed by atoms with Crippen molar-refractivity contribution < 1.29 is 13.9 Å². The predicted molar refractivity (Wildman–Crippen MR) is 99.4 cm³/mol. The molecule has 0 unspecified atom stereocenters. The van der Waals surface area contributed by atoms with Crippen LogP contribution in [0.5, 0.6) is 5.75 Å². The molecular weight excluding hydrogens is 342 g/mol. The summed E-state index contributed by atoms with van der Waals surface area (Å²) in [6.07, 6.45) is 0.852. The summed E-state index contributed by atoms with van der Waals surface area (Å²) in [4.78, 5) is 23.5. The van der Waals surface area contributed by atoms with Gasteiger partial charge >= 0.3 is 5.63 Å². The number of carbonyl (C=O) groups is 1. The lowest BCUT2D eigenvalue weighted by Gasteiger charge is -2.16. The predicted octanol–water partition coefficient (Wildman–Crippen LogP) is 1.55. The lowest BCUT2D eigenvalue weighted by molar-refractivity contribution is -0.127. The van der Waals surface area contributed by atoms with Gasteiger partial charge in [-0.15, -0.1) is 6.58 Å². The van der Waals surface area contributed by atoms with Crippen LogP contribution >= 0.6 is 12.2 Å². The van der Waals surface area contributed by atoms with Crippen LogP contribution in [-0.4, -0.2) is 23.7 Å². The van der Waals surface area contributed by atoms with Gasteiger partial charge in [-0.2, -0.15) is 0 Å². The van der Waals surface area contributed by atoms with Gasteiger partial charge in [0.05, 0.1) is 0 Å². The zero-order valence-corrected chi connectivity index (χ0v) is 14.7. The lowest BCUT2D eigenvalue weighted by Crippen LogP contribution is -2.50. The van der Waals surface area contributed by atoms with Crippen molar-refractivity contribution in [2.75, 3.05) is 6.54 Å². The van der Waals surface area contributed by atoms with E-state index in [4.69, 9.17) is 21.4 Å². The van der Waals surface area contributed by atoms with Crippen LogP contribution in [0.3, 0.4) is 0 Å². The number of rotatable bonds is 5. The summed E-state index contributed by atoms with van der Waals surface area (Å²) in [7, 11) is 0. The van der Waals surface area contributed by atoms with E-state index in [-0.39, 0.29) is 5.11 Å². The second-order valence-electron chi connectivity index (χ2n) is 5.28. The Labute approximate surface area is 150 Å². The summed E-state index contributed by atoms with van der Waals surface area (Å²) in [5.74, 6) is 0.00445. The maximum Gasteiger partial charge on any atom is 0.336 e. The lowest BCUT2D eigenvalue weighted by atomic mass is 10.1. The van der Waals surface area contributed by atoms with Crippen LogP contribution in [0.2, 0.25) is 0 Å². The van der Waals surface area contributed by atoms with E-state index in [0.717, 1.165) is 10.9 Å². The summed E-state index contributed by atoms with van der Waals surface area (Å²) < 4.78 is 10.7.